The Morgan fingerprint density at radius 1 is 1.27 bits per heavy atom. The van der Waals surface area contributed by atoms with Gasteiger partial charge in [-0.15, -0.1) is 24.8 Å². The smallest absolute Gasteiger partial charge is 0.277 e. The van der Waals surface area contributed by atoms with Gasteiger partial charge >= 0.3 is 0 Å². The minimum absolute atomic E-state index is 0. The predicted molar refractivity (Wildman–Crippen MR) is 125 cm³/mol. The van der Waals surface area contributed by atoms with Crippen molar-refractivity contribution in [2.45, 2.75) is 44.8 Å². The van der Waals surface area contributed by atoms with E-state index >= 15 is 4.39 Å². The van der Waals surface area contributed by atoms with Gasteiger partial charge in [0.2, 0.25) is 15.9 Å². The third-order valence-electron chi connectivity index (χ3n) is 5.15. The number of hydrogen-bond acceptors (Lipinski definition) is 6. The van der Waals surface area contributed by atoms with Gasteiger partial charge in [-0.2, -0.15) is 0 Å². The summed E-state index contributed by atoms with van der Waals surface area (Å²) in [6.07, 6.45) is -0.162. The monoisotopic (exact) mass is 530 g/mol. The van der Waals surface area contributed by atoms with Crippen molar-refractivity contribution in [2.24, 2.45) is 5.73 Å². The van der Waals surface area contributed by atoms with Gasteiger partial charge in [-0.25, -0.2) is 31.3 Å². The lowest BCUT2D eigenvalue weighted by Crippen LogP contribution is -2.51. The summed E-state index contributed by atoms with van der Waals surface area (Å²) in [7, 11) is -3.88. The van der Waals surface area contributed by atoms with Crippen molar-refractivity contribution in [3.63, 3.8) is 0 Å². The lowest BCUT2D eigenvalue weighted by atomic mass is 9.99. The van der Waals surface area contributed by atoms with Crippen LogP contribution in [0.2, 0.25) is 0 Å². The van der Waals surface area contributed by atoms with Crippen LogP contribution >= 0.6 is 24.8 Å². The molecule has 0 unspecified atom stereocenters. The first-order valence-electron chi connectivity index (χ1n) is 9.79. The van der Waals surface area contributed by atoms with Gasteiger partial charge in [0.1, 0.15) is 6.04 Å². The third kappa shape index (κ3) is 6.93. The van der Waals surface area contributed by atoms with E-state index in [1.54, 1.807) is 19.1 Å². The highest BCUT2D eigenvalue weighted by atomic mass is 35.5. The number of pyridine rings is 1. The van der Waals surface area contributed by atoms with Crippen LogP contribution in [-0.4, -0.2) is 43.7 Å². The number of aromatic nitrogens is 1. The molecule has 0 saturated carbocycles. The Labute approximate surface area is 203 Å². The molecule has 1 aromatic carbocycles. The molecule has 0 spiro atoms. The molecule has 1 saturated heterocycles. The molecule has 3 rings (SSSR count). The zero-order valence-electron chi connectivity index (χ0n) is 18.0. The summed E-state index contributed by atoms with van der Waals surface area (Å²) in [4.78, 5) is 4.24. The van der Waals surface area contributed by atoms with Crippen LogP contribution in [0.5, 0.6) is 11.6 Å². The molecule has 1 aliphatic rings. The van der Waals surface area contributed by atoms with Crippen LogP contribution in [0.15, 0.2) is 30.3 Å². The normalized spacial score (nSPS) is 19.5. The Morgan fingerprint density at radius 3 is 2.61 bits per heavy atom. The first-order valence-corrected chi connectivity index (χ1v) is 11.4. The fourth-order valence-electron chi connectivity index (χ4n) is 3.32. The van der Waals surface area contributed by atoms with Gasteiger partial charge in [0.05, 0.1) is 18.0 Å². The Balaban J connectivity index is 0.00000272. The van der Waals surface area contributed by atoms with Crippen LogP contribution in [0.4, 0.5) is 13.2 Å². The lowest BCUT2D eigenvalue weighted by molar-refractivity contribution is -0.000881. The average Bonchev–Trinajstić information content (AvgIpc) is 3.00. The summed E-state index contributed by atoms with van der Waals surface area (Å²) >= 11 is 0. The molecule has 4 N–H and O–H groups in total. The van der Waals surface area contributed by atoms with E-state index in [4.69, 9.17) is 10.5 Å². The van der Waals surface area contributed by atoms with E-state index in [9.17, 15) is 17.2 Å². The second kappa shape index (κ2) is 11.7. The van der Waals surface area contributed by atoms with Crippen molar-refractivity contribution in [1.29, 1.82) is 0 Å². The predicted octanol–water partition coefficient (Wildman–Crippen LogP) is 3.08. The second-order valence-corrected chi connectivity index (χ2v) is 9.45. The molecule has 2 atom stereocenters. The fraction of sp³-hybridized carbons (Fsp3) is 0.450. The quantitative estimate of drug-likeness (QED) is 0.484. The van der Waals surface area contributed by atoms with Crippen LogP contribution in [0.1, 0.15) is 23.7 Å². The van der Waals surface area contributed by atoms with Crippen LogP contribution in [-0.2, 0) is 23.0 Å². The topological polar surface area (TPSA) is 106 Å². The average molecular weight is 531 g/mol. The molecule has 0 aliphatic carbocycles. The molecule has 1 aromatic heterocycles. The number of nitrogens with two attached hydrogens (primary N) is 1. The first-order chi connectivity index (χ1) is 14.6. The number of hydrogen-bond donors (Lipinski definition) is 3. The van der Waals surface area contributed by atoms with Gasteiger partial charge in [0.25, 0.3) is 5.92 Å². The summed E-state index contributed by atoms with van der Waals surface area (Å²) in [6.45, 7) is 2.59. The summed E-state index contributed by atoms with van der Waals surface area (Å²) in [5.74, 6) is -4.29. The third-order valence-corrected chi connectivity index (χ3v) is 6.52. The van der Waals surface area contributed by atoms with Crippen LogP contribution in [0.25, 0.3) is 0 Å². The molecule has 1 aliphatic heterocycles. The zero-order valence-corrected chi connectivity index (χ0v) is 20.4. The van der Waals surface area contributed by atoms with Crippen molar-refractivity contribution >= 4 is 34.8 Å². The van der Waals surface area contributed by atoms with Crippen molar-refractivity contribution in [3.8, 4) is 11.6 Å². The second-order valence-electron chi connectivity index (χ2n) is 7.41. The van der Waals surface area contributed by atoms with Gasteiger partial charge in [0.15, 0.2) is 11.6 Å². The van der Waals surface area contributed by atoms with Gasteiger partial charge in [-0.05, 0) is 38.0 Å². The summed E-state index contributed by atoms with van der Waals surface area (Å²) in [5.41, 5.74) is 6.94. The van der Waals surface area contributed by atoms with Crippen molar-refractivity contribution in [2.75, 3.05) is 12.3 Å². The van der Waals surface area contributed by atoms with E-state index in [2.05, 4.69) is 10.3 Å². The molecule has 186 valence electrons. The van der Waals surface area contributed by atoms with E-state index in [1.165, 1.54) is 25.1 Å². The lowest BCUT2D eigenvalue weighted by Gasteiger charge is -2.24. The van der Waals surface area contributed by atoms with E-state index < -0.39 is 40.4 Å². The number of benzene rings is 1. The Bertz CT molecular complexity index is 1060. The van der Waals surface area contributed by atoms with Gasteiger partial charge in [0, 0.05) is 18.2 Å². The highest BCUT2D eigenvalue weighted by Crippen LogP contribution is 2.32. The number of aryl methyl sites for hydroxylation is 1. The van der Waals surface area contributed by atoms with E-state index in [0.29, 0.717) is 11.3 Å². The maximum Gasteiger partial charge on any atom is 0.277 e. The van der Waals surface area contributed by atoms with Gasteiger partial charge < -0.3 is 15.8 Å². The first kappa shape index (κ1) is 29.4. The van der Waals surface area contributed by atoms with Gasteiger partial charge in [-0.3, -0.25) is 0 Å². The minimum Gasteiger partial charge on any atom is -0.436 e. The molecule has 0 amide bonds. The summed E-state index contributed by atoms with van der Waals surface area (Å²) < 4.78 is 75.1. The van der Waals surface area contributed by atoms with Crippen LogP contribution < -0.4 is 20.5 Å². The highest BCUT2D eigenvalue weighted by molar-refractivity contribution is 7.89. The van der Waals surface area contributed by atoms with Crippen molar-refractivity contribution in [1.82, 2.24) is 15.0 Å². The number of nitrogens with zero attached hydrogens (tertiary/aromatic N) is 1. The standard InChI is InChI=1S/C20H25F3N4O3S.2ClH/c1-3-31(28,29)27-18-15(25-11-20(18,22)23)9-13-5-4-6-16(17(13)21)30-19-12(2)7-8-14(10-24)26-19;;/h4-8,15,18,25,27H,3,9-11,24H2,1-2H3;2*1H/t15-,18+;;/m0../s1. The Kier molecular flexibility index (Phi) is 10.4. The highest BCUT2D eigenvalue weighted by Gasteiger charge is 2.51. The Hall–Kier alpha value is -1.63. The summed E-state index contributed by atoms with van der Waals surface area (Å²) in [5, 5.41) is 2.60. The molecule has 2 heterocycles. The number of nitrogens with one attached hydrogen (secondary N) is 2. The number of alkyl halides is 2. The maximum absolute atomic E-state index is 15.1. The molecule has 0 radical (unpaired) electrons. The van der Waals surface area contributed by atoms with Gasteiger partial charge in [-0.1, -0.05) is 18.2 Å². The maximum atomic E-state index is 15.1. The van der Waals surface area contributed by atoms with Crippen LogP contribution in [0.3, 0.4) is 0 Å². The fourth-order valence-corrected chi connectivity index (χ4v) is 4.21. The number of sulfonamides is 1. The number of ether oxygens (including phenoxy) is 1. The van der Waals surface area contributed by atoms with E-state index in [1.807, 2.05) is 4.72 Å². The molecule has 7 nitrogen and oxygen atoms in total. The molecule has 2 aromatic rings. The molecule has 0 bridgehead atoms. The molecular weight excluding hydrogens is 504 g/mol. The zero-order chi connectivity index (χ0) is 22.8. The largest absolute Gasteiger partial charge is 0.436 e. The van der Waals surface area contributed by atoms with Crippen LogP contribution in [0, 0.1) is 12.7 Å². The van der Waals surface area contributed by atoms with E-state index in [0.717, 1.165) is 0 Å². The summed E-state index contributed by atoms with van der Waals surface area (Å²) in [6, 6.07) is 5.19. The molecule has 1 fully saturated rings. The molecule has 13 heteroatoms. The van der Waals surface area contributed by atoms with E-state index in [-0.39, 0.29) is 60.7 Å². The number of halogens is 5. The van der Waals surface area contributed by atoms with Crippen molar-refractivity contribution < 1.29 is 26.3 Å². The molecule has 33 heavy (non-hydrogen) atoms. The minimum atomic E-state index is -3.88. The Morgan fingerprint density at radius 2 is 1.97 bits per heavy atom. The van der Waals surface area contributed by atoms with Crippen molar-refractivity contribution in [3.05, 3.63) is 53.0 Å². The number of rotatable bonds is 8. The SMILES string of the molecule is CCS(=O)(=O)N[C@@H]1[C@H](Cc2cccc(Oc3nc(CN)ccc3C)c2F)NCC1(F)F.Cl.Cl. The molecular formula is C20H27Cl2F3N4O3S.